The average molecular weight is 505 g/mol. The van der Waals surface area contributed by atoms with Crippen LogP contribution in [0.4, 0.5) is 5.69 Å². The van der Waals surface area contributed by atoms with Crippen molar-refractivity contribution in [1.82, 2.24) is 9.80 Å². The fourth-order valence-electron chi connectivity index (χ4n) is 3.48. The van der Waals surface area contributed by atoms with Gasteiger partial charge in [0.15, 0.2) is 11.5 Å². The van der Waals surface area contributed by atoms with E-state index in [2.05, 4.69) is 4.90 Å². The number of amides is 1. The van der Waals surface area contributed by atoms with Crippen LogP contribution in [0.1, 0.15) is 15.9 Å². The molecule has 36 heavy (non-hydrogen) atoms. The maximum Gasteiger partial charge on any atom is 0.414 e. The molecule has 194 valence electrons. The Morgan fingerprint density at radius 2 is 1.39 bits per heavy atom. The number of hydrogen-bond donors (Lipinski definition) is 2. The molecule has 0 radical (unpaired) electrons. The first-order chi connectivity index (χ1) is 17.1. The summed E-state index contributed by atoms with van der Waals surface area (Å²) in [7, 11) is 4.55. The summed E-state index contributed by atoms with van der Waals surface area (Å²) in [6.45, 7) is 3.29. The van der Waals surface area contributed by atoms with Crippen molar-refractivity contribution in [2.45, 2.75) is 6.54 Å². The molecule has 2 N–H and O–H groups in total. The number of benzene rings is 2. The monoisotopic (exact) mass is 505 g/mol. The molecule has 2 aromatic rings. The molecular formula is C23H27N3O10. The Bertz CT molecular complexity index is 1060. The lowest BCUT2D eigenvalue weighted by Crippen LogP contribution is -2.48. The van der Waals surface area contributed by atoms with Crippen LogP contribution in [0.5, 0.6) is 17.2 Å². The van der Waals surface area contributed by atoms with Crippen molar-refractivity contribution in [1.29, 1.82) is 0 Å². The van der Waals surface area contributed by atoms with E-state index in [-0.39, 0.29) is 11.6 Å². The number of carbonyl (C=O) groups excluding carboxylic acids is 1. The Labute approximate surface area is 206 Å². The smallest absolute Gasteiger partial charge is 0.414 e. The van der Waals surface area contributed by atoms with E-state index in [1.807, 2.05) is 0 Å². The Hall–Kier alpha value is -4.39. The van der Waals surface area contributed by atoms with Gasteiger partial charge in [0.05, 0.1) is 26.3 Å². The van der Waals surface area contributed by atoms with Crippen molar-refractivity contribution >= 4 is 23.5 Å². The highest BCUT2D eigenvalue weighted by atomic mass is 16.6. The van der Waals surface area contributed by atoms with Crippen LogP contribution in [0.3, 0.4) is 0 Å². The van der Waals surface area contributed by atoms with Crippen molar-refractivity contribution in [3.05, 3.63) is 57.6 Å². The maximum atomic E-state index is 13.0. The highest BCUT2D eigenvalue weighted by Gasteiger charge is 2.25. The Kier molecular flexibility index (Phi) is 9.98. The van der Waals surface area contributed by atoms with Crippen LogP contribution in [0.25, 0.3) is 0 Å². The van der Waals surface area contributed by atoms with Gasteiger partial charge in [0.2, 0.25) is 5.75 Å². The number of nitrogens with zero attached hydrogens (tertiary/aromatic N) is 3. The summed E-state index contributed by atoms with van der Waals surface area (Å²) in [5, 5.41) is 25.6. The first-order valence-corrected chi connectivity index (χ1v) is 10.6. The van der Waals surface area contributed by atoms with Crippen molar-refractivity contribution in [2.24, 2.45) is 0 Å². The number of nitro groups is 1. The van der Waals surface area contributed by atoms with E-state index in [4.69, 9.17) is 34.0 Å². The molecule has 1 fully saturated rings. The quantitative estimate of drug-likeness (QED) is 0.319. The van der Waals surface area contributed by atoms with Gasteiger partial charge in [-0.25, -0.2) is 9.59 Å². The molecule has 0 atom stereocenters. The number of carboxylic acid groups (broad SMARTS) is 2. The second kappa shape index (κ2) is 12.9. The predicted molar refractivity (Wildman–Crippen MR) is 126 cm³/mol. The maximum absolute atomic E-state index is 13.0. The number of non-ortho nitro benzene ring substituents is 1. The normalized spacial score (nSPS) is 13.1. The summed E-state index contributed by atoms with van der Waals surface area (Å²) in [4.78, 5) is 45.6. The molecule has 0 unspecified atom stereocenters. The lowest BCUT2D eigenvalue weighted by atomic mass is 10.1. The number of piperazine rings is 1. The molecule has 0 spiro atoms. The number of hydrogen-bond acceptors (Lipinski definition) is 9. The number of aliphatic carboxylic acids is 2. The molecule has 0 aliphatic carbocycles. The minimum atomic E-state index is -1.82. The summed E-state index contributed by atoms with van der Waals surface area (Å²) < 4.78 is 16.0. The number of nitro benzene ring substituents is 1. The van der Waals surface area contributed by atoms with Gasteiger partial charge in [0.25, 0.3) is 11.6 Å². The summed E-state index contributed by atoms with van der Waals surface area (Å²) >= 11 is 0. The molecule has 1 amide bonds. The largest absolute Gasteiger partial charge is 0.493 e. The van der Waals surface area contributed by atoms with Crippen LogP contribution in [0, 0.1) is 10.1 Å². The van der Waals surface area contributed by atoms with Gasteiger partial charge < -0.3 is 29.3 Å². The molecule has 1 aliphatic heterocycles. The van der Waals surface area contributed by atoms with Gasteiger partial charge in [-0.2, -0.15) is 0 Å². The summed E-state index contributed by atoms with van der Waals surface area (Å²) in [5.41, 5.74) is 1.57. The van der Waals surface area contributed by atoms with Crippen molar-refractivity contribution in [3.63, 3.8) is 0 Å². The SMILES string of the molecule is COc1cc(C(=O)N2CCN(Cc3ccc([N+](=O)[O-])cc3)CC2)cc(OC)c1OC.O=C(O)C(=O)O. The minimum Gasteiger partial charge on any atom is -0.493 e. The van der Waals surface area contributed by atoms with E-state index in [0.29, 0.717) is 55.5 Å². The number of carboxylic acids is 2. The van der Waals surface area contributed by atoms with Gasteiger partial charge in [-0.15, -0.1) is 0 Å². The van der Waals surface area contributed by atoms with Crippen molar-refractivity contribution in [2.75, 3.05) is 47.5 Å². The molecule has 1 saturated heterocycles. The highest BCUT2D eigenvalue weighted by molar-refractivity contribution is 6.27. The lowest BCUT2D eigenvalue weighted by Gasteiger charge is -2.35. The zero-order valence-electron chi connectivity index (χ0n) is 20.0. The van der Waals surface area contributed by atoms with E-state index < -0.39 is 16.9 Å². The fourth-order valence-corrected chi connectivity index (χ4v) is 3.48. The number of rotatable bonds is 7. The topological polar surface area (TPSA) is 169 Å². The first kappa shape index (κ1) is 27.9. The predicted octanol–water partition coefficient (Wildman–Crippen LogP) is 1.73. The fraction of sp³-hybridized carbons (Fsp3) is 0.348. The van der Waals surface area contributed by atoms with Gasteiger partial charge in [0.1, 0.15) is 0 Å². The third-order valence-electron chi connectivity index (χ3n) is 5.31. The molecule has 0 saturated carbocycles. The van der Waals surface area contributed by atoms with Crippen molar-refractivity contribution in [3.8, 4) is 17.2 Å². The second-order valence-corrected chi connectivity index (χ2v) is 7.52. The molecule has 1 heterocycles. The number of methoxy groups -OCH3 is 3. The zero-order chi connectivity index (χ0) is 26.8. The van der Waals surface area contributed by atoms with Crippen molar-refractivity contribution < 1.29 is 43.7 Å². The number of ether oxygens (including phenoxy) is 3. The minimum absolute atomic E-state index is 0.0829. The summed E-state index contributed by atoms with van der Waals surface area (Å²) in [6, 6.07) is 9.89. The third kappa shape index (κ3) is 7.30. The standard InChI is InChI=1S/C21H25N3O6.C2H2O4/c1-28-18-12-16(13-19(29-2)20(18)30-3)21(25)23-10-8-22(9-11-23)14-15-4-6-17(7-5-15)24(26)27;3-1(4)2(5)6/h4-7,12-13H,8-11,14H2,1-3H3;(H,3,4)(H,5,6). The Balaban J connectivity index is 0.000000678. The summed E-state index contributed by atoms with van der Waals surface area (Å²) in [5.74, 6) is -2.41. The third-order valence-corrected chi connectivity index (χ3v) is 5.31. The Morgan fingerprint density at radius 1 is 0.889 bits per heavy atom. The highest BCUT2D eigenvalue weighted by Crippen LogP contribution is 2.38. The van der Waals surface area contributed by atoms with Crippen LogP contribution < -0.4 is 14.2 Å². The lowest BCUT2D eigenvalue weighted by molar-refractivity contribution is -0.384. The molecule has 0 bridgehead atoms. The molecule has 13 heteroatoms. The number of carbonyl (C=O) groups is 3. The van der Waals surface area contributed by atoms with Crippen LogP contribution in [-0.4, -0.2) is 90.3 Å². The van der Waals surface area contributed by atoms with E-state index in [1.54, 1.807) is 29.2 Å². The van der Waals surface area contributed by atoms with Gasteiger partial charge in [0, 0.05) is 50.4 Å². The molecule has 2 aromatic carbocycles. The second-order valence-electron chi connectivity index (χ2n) is 7.52. The van der Waals surface area contributed by atoms with Crippen LogP contribution >= 0.6 is 0 Å². The van der Waals surface area contributed by atoms with Crippen LogP contribution in [0.2, 0.25) is 0 Å². The van der Waals surface area contributed by atoms with Gasteiger partial charge in [-0.1, -0.05) is 12.1 Å². The first-order valence-electron chi connectivity index (χ1n) is 10.6. The van der Waals surface area contributed by atoms with Gasteiger partial charge in [-0.3, -0.25) is 19.8 Å². The molecule has 13 nitrogen and oxygen atoms in total. The Morgan fingerprint density at radius 3 is 1.78 bits per heavy atom. The van der Waals surface area contributed by atoms with Gasteiger partial charge in [-0.05, 0) is 17.7 Å². The molecule has 0 aromatic heterocycles. The zero-order valence-corrected chi connectivity index (χ0v) is 20.0. The molecular weight excluding hydrogens is 478 g/mol. The van der Waals surface area contributed by atoms with Crippen LogP contribution in [0.15, 0.2) is 36.4 Å². The van der Waals surface area contributed by atoms with E-state index >= 15 is 0 Å². The van der Waals surface area contributed by atoms with Crippen LogP contribution in [-0.2, 0) is 16.1 Å². The molecule has 1 aliphatic rings. The van der Waals surface area contributed by atoms with E-state index in [0.717, 1.165) is 5.56 Å². The average Bonchev–Trinajstić information content (AvgIpc) is 2.88. The van der Waals surface area contributed by atoms with Gasteiger partial charge >= 0.3 is 11.9 Å². The van der Waals surface area contributed by atoms with E-state index in [9.17, 15) is 14.9 Å². The molecule has 3 rings (SSSR count). The summed E-state index contributed by atoms with van der Waals surface area (Å²) in [6.07, 6.45) is 0. The van der Waals surface area contributed by atoms with E-state index in [1.165, 1.54) is 33.5 Å².